The highest BCUT2D eigenvalue weighted by atomic mass is 35.5. The molecule has 0 amide bonds. The third kappa shape index (κ3) is 3.01. The van der Waals surface area contributed by atoms with Crippen molar-refractivity contribution in [2.24, 2.45) is 0 Å². The third-order valence-corrected chi connectivity index (χ3v) is 3.10. The number of nitrogens with zero attached hydrogens (tertiary/aromatic N) is 2. The van der Waals surface area contributed by atoms with Crippen molar-refractivity contribution in [3.05, 3.63) is 40.5 Å². The summed E-state index contributed by atoms with van der Waals surface area (Å²) in [7, 11) is 0. The van der Waals surface area contributed by atoms with E-state index in [1.807, 2.05) is 24.3 Å². The number of hydrogen-bond donors (Lipinski definition) is 1. The summed E-state index contributed by atoms with van der Waals surface area (Å²) in [5, 5.41) is 1.74. The van der Waals surface area contributed by atoms with Gasteiger partial charge in [0.05, 0.1) is 0 Å². The van der Waals surface area contributed by atoms with Gasteiger partial charge in [0.1, 0.15) is 10.2 Å². The molecule has 0 bridgehead atoms. The van der Waals surface area contributed by atoms with Crippen LogP contribution in [-0.4, -0.2) is 9.97 Å². The van der Waals surface area contributed by atoms with Gasteiger partial charge < -0.3 is 5.73 Å². The fourth-order valence-corrected chi connectivity index (χ4v) is 2.29. The summed E-state index contributed by atoms with van der Waals surface area (Å²) in [5.41, 5.74) is 5.50. The standard InChI is InChI=1S/C10H7Cl2N3S/c11-6-1-3-7(4-2-6)16-9-5-8(12)14-10(13)15-9/h1-5H,(H2,13,14,15). The molecule has 2 aromatic rings. The number of halogens is 2. The zero-order chi connectivity index (χ0) is 11.5. The van der Waals surface area contributed by atoms with Gasteiger partial charge in [-0.05, 0) is 24.3 Å². The number of anilines is 1. The number of rotatable bonds is 2. The Balaban J connectivity index is 2.23. The fraction of sp³-hybridized carbons (Fsp3) is 0. The number of benzene rings is 1. The lowest BCUT2D eigenvalue weighted by Gasteiger charge is -2.02. The lowest BCUT2D eigenvalue weighted by atomic mass is 10.4. The number of nitrogen functional groups attached to an aromatic ring is 1. The van der Waals surface area contributed by atoms with E-state index in [4.69, 9.17) is 28.9 Å². The van der Waals surface area contributed by atoms with Gasteiger partial charge in [-0.1, -0.05) is 35.0 Å². The molecule has 0 saturated heterocycles. The molecule has 0 aliphatic carbocycles. The molecule has 82 valence electrons. The predicted octanol–water partition coefficient (Wildman–Crippen LogP) is 3.52. The van der Waals surface area contributed by atoms with Crippen LogP contribution in [-0.2, 0) is 0 Å². The van der Waals surface area contributed by atoms with Gasteiger partial charge in [-0.25, -0.2) is 9.97 Å². The molecule has 1 aromatic carbocycles. The van der Waals surface area contributed by atoms with Crippen LogP contribution in [0.3, 0.4) is 0 Å². The maximum absolute atomic E-state index is 5.79. The first-order valence-corrected chi connectivity index (χ1v) is 5.94. The SMILES string of the molecule is Nc1nc(Cl)cc(Sc2ccc(Cl)cc2)n1. The van der Waals surface area contributed by atoms with Gasteiger partial charge in [-0.2, -0.15) is 0 Å². The van der Waals surface area contributed by atoms with Crippen molar-refractivity contribution in [2.75, 3.05) is 5.73 Å². The molecule has 0 atom stereocenters. The molecule has 6 heteroatoms. The van der Waals surface area contributed by atoms with E-state index in [9.17, 15) is 0 Å². The summed E-state index contributed by atoms with van der Waals surface area (Å²) in [6.45, 7) is 0. The van der Waals surface area contributed by atoms with E-state index in [-0.39, 0.29) is 5.95 Å². The second-order valence-corrected chi connectivity index (χ2v) is 4.86. The molecular weight excluding hydrogens is 265 g/mol. The summed E-state index contributed by atoms with van der Waals surface area (Å²) in [5.74, 6) is 0.170. The van der Waals surface area contributed by atoms with Crippen LogP contribution in [0.2, 0.25) is 10.2 Å². The van der Waals surface area contributed by atoms with E-state index < -0.39 is 0 Å². The molecule has 16 heavy (non-hydrogen) atoms. The van der Waals surface area contributed by atoms with Crippen LogP contribution in [0.5, 0.6) is 0 Å². The van der Waals surface area contributed by atoms with Crippen molar-refractivity contribution in [1.29, 1.82) is 0 Å². The molecular formula is C10H7Cl2N3S. The van der Waals surface area contributed by atoms with Gasteiger partial charge in [0.2, 0.25) is 5.95 Å². The molecule has 0 aliphatic heterocycles. The van der Waals surface area contributed by atoms with Crippen molar-refractivity contribution < 1.29 is 0 Å². The molecule has 0 unspecified atom stereocenters. The molecule has 0 fully saturated rings. The highest BCUT2D eigenvalue weighted by molar-refractivity contribution is 7.99. The number of hydrogen-bond acceptors (Lipinski definition) is 4. The second kappa shape index (κ2) is 4.91. The van der Waals surface area contributed by atoms with Crippen LogP contribution in [0.4, 0.5) is 5.95 Å². The van der Waals surface area contributed by atoms with Crippen LogP contribution in [0.15, 0.2) is 40.3 Å². The topological polar surface area (TPSA) is 51.8 Å². The van der Waals surface area contributed by atoms with E-state index in [2.05, 4.69) is 9.97 Å². The monoisotopic (exact) mass is 271 g/mol. The highest BCUT2D eigenvalue weighted by Gasteiger charge is 2.02. The normalized spacial score (nSPS) is 10.4. The summed E-state index contributed by atoms with van der Waals surface area (Å²) < 4.78 is 0. The van der Waals surface area contributed by atoms with Crippen molar-refractivity contribution >= 4 is 40.9 Å². The van der Waals surface area contributed by atoms with Gasteiger partial charge in [0.25, 0.3) is 0 Å². The van der Waals surface area contributed by atoms with Gasteiger partial charge in [0, 0.05) is 16.0 Å². The highest BCUT2D eigenvalue weighted by Crippen LogP contribution is 2.28. The van der Waals surface area contributed by atoms with Gasteiger partial charge in [-0.3, -0.25) is 0 Å². The zero-order valence-corrected chi connectivity index (χ0v) is 10.4. The second-order valence-electron chi connectivity index (χ2n) is 2.94. The van der Waals surface area contributed by atoms with E-state index in [1.54, 1.807) is 6.07 Å². The summed E-state index contributed by atoms with van der Waals surface area (Å²) in [4.78, 5) is 8.86. The van der Waals surface area contributed by atoms with Crippen LogP contribution in [0.25, 0.3) is 0 Å². The molecule has 2 N–H and O–H groups in total. The largest absolute Gasteiger partial charge is 0.368 e. The maximum atomic E-state index is 5.79. The third-order valence-electron chi connectivity index (χ3n) is 1.72. The Labute approximate surface area is 107 Å². The summed E-state index contributed by atoms with van der Waals surface area (Å²) in [6, 6.07) is 9.10. The molecule has 3 nitrogen and oxygen atoms in total. The van der Waals surface area contributed by atoms with Gasteiger partial charge in [-0.15, -0.1) is 0 Å². The van der Waals surface area contributed by atoms with Crippen molar-refractivity contribution in [3.8, 4) is 0 Å². The minimum Gasteiger partial charge on any atom is -0.368 e. The van der Waals surface area contributed by atoms with Crippen LogP contribution < -0.4 is 5.73 Å². The van der Waals surface area contributed by atoms with E-state index in [0.717, 1.165) is 4.90 Å². The first-order chi connectivity index (χ1) is 7.63. The fourth-order valence-electron chi connectivity index (χ4n) is 1.09. The Morgan fingerprint density at radius 1 is 1.06 bits per heavy atom. The van der Waals surface area contributed by atoms with E-state index in [1.165, 1.54) is 11.8 Å². The molecule has 0 saturated carbocycles. The lowest BCUT2D eigenvalue weighted by Crippen LogP contribution is -1.95. The Kier molecular flexibility index (Phi) is 3.53. The maximum Gasteiger partial charge on any atom is 0.222 e. The Morgan fingerprint density at radius 2 is 1.75 bits per heavy atom. The molecule has 0 aliphatic rings. The molecule has 1 aromatic heterocycles. The van der Waals surface area contributed by atoms with Crippen molar-refractivity contribution in [3.63, 3.8) is 0 Å². The zero-order valence-electron chi connectivity index (χ0n) is 8.02. The summed E-state index contributed by atoms with van der Waals surface area (Å²) in [6.07, 6.45) is 0. The Bertz CT molecular complexity index is 482. The first kappa shape index (κ1) is 11.5. The van der Waals surface area contributed by atoms with Crippen LogP contribution in [0, 0.1) is 0 Å². The average Bonchev–Trinajstić information content (AvgIpc) is 2.20. The summed E-state index contributed by atoms with van der Waals surface area (Å²) >= 11 is 13.0. The number of nitrogens with two attached hydrogens (primary N) is 1. The van der Waals surface area contributed by atoms with Crippen molar-refractivity contribution in [1.82, 2.24) is 9.97 Å². The molecule has 0 spiro atoms. The van der Waals surface area contributed by atoms with Crippen LogP contribution >= 0.6 is 35.0 Å². The van der Waals surface area contributed by atoms with Crippen molar-refractivity contribution in [2.45, 2.75) is 9.92 Å². The Morgan fingerprint density at radius 3 is 2.38 bits per heavy atom. The predicted molar refractivity (Wildman–Crippen MR) is 67.0 cm³/mol. The smallest absolute Gasteiger partial charge is 0.222 e. The van der Waals surface area contributed by atoms with Crippen LogP contribution in [0.1, 0.15) is 0 Å². The first-order valence-electron chi connectivity index (χ1n) is 4.37. The van der Waals surface area contributed by atoms with E-state index >= 15 is 0 Å². The Hall–Kier alpha value is -0.970. The average molecular weight is 272 g/mol. The molecule has 1 heterocycles. The minimum absolute atomic E-state index is 0.170. The van der Waals surface area contributed by atoms with E-state index in [0.29, 0.717) is 15.2 Å². The molecule has 0 radical (unpaired) electrons. The molecule has 2 rings (SSSR count). The lowest BCUT2D eigenvalue weighted by molar-refractivity contribution is 1.06. The minimum atomic E-state index is 0.170. The number of aromatic nitrogens is 2. The van der Waals surface area contributed by atoms with Gasteiger partial charge >= 0.3 is 0 Å². The van der Waals surface area contributed by atoms with Gasteiger partial charge in [0.15, 0.2) is 0 Å². The quantitative estimate of drug-likeness (QED) is 0.850.